The van der Waals surface area contributed by atoms with Gasteiger partial charge < -0.3 is 19.9 Å². The molecule has 1 amide bonds. The van der Waals surface area contributed by atoms with E-state index in [-0.39, 0.29) is 35.9 Å². The highest BCUT2D eigenvalue weighted by Gasteiger charge is 2.31. The van der Waals surface area contributed by atoms with Crippen LogP contribution in [-0.2, 0) is 38.9 Å². The van der Waals surface area contributed by atoms with Gasteiger partial charge in [0.25, 0.3) is 12.4 Å². The minimum atomic E-state index is -3.61. The van der Waals surface area contributed by atoms with Gasteiger partial charge in [0.1, 0.15) is 17.7 Å². The normalized spacial score (nSPS) is 18.2. The minimum absolute atomic E-state index is 0.00869. The third-order valence-corrected chi connectivity index (χ3v) is 10.3. The Hall–Kier alpha value is -3.51. The highest BCUT2D eigenvalue weighted by molar-refractivity contribution is 7.92. The number of sulfonamides is 1. The monoisotopic (exact) mass is 616 g/mol. The van der Waals surface area contributed by atoms with E-state index in [0.717, 1.165) is 48.2 Å². The predicted octanol–water partition coefficient (Wildman–Crippen LogP) is 4.07. The van der Waals surface area contributed by atoms with Crippen LogP contribution in [0, 0.1) is 11.6 Å². The molecule has 3 aromatic rings. The van der Waals surface area contributed by atoms with Crippen LogP contribution in [0.25, 0.3) is 10.9 Å². The van der Waals surface area contributed by atoms with Gasteiger partial charge in [-0.25, -0.2) is 17.2 Å². The summed E-state index contributed by atoms with van der Waals surface area (Å²) in [5.41, 5.74) is 2.62. The first-order chi connectivity index (χ1) is 20.6. The van der Waals surface area contributed by atoms with Gasteiger partial charge in [-0.15, -0.1) is 0 Å². The number of benzene rings is 2. The molecule has 1 aliphatic heterocycles. The van der Waals surface area contributed by atoms with Crippen molar-refractivity contribution in [2.45, 2.75) is 76.6 Å². The first-order valence-electron chi connectivity index (χ1n) is 14.8. The van der Waals surface area contributed by atoms with E-state index in [2.05, 4.69) is 10.6 Å². The largest absolute Gasteiger partial charge is 0.461 e. The summed E-state index contributed by atoms with van der Waals surface area (Å²) in [5, 5.41) is 7.15. The van der Waals surface area contributed by atoms with Gasteiger partial charge >= 0.3 is 0 Å². The molecule has 2 N–H and O–H groups in total. The summed E-state index contributed by atoms with van der Waals surface area (Å²) < 4.78 is 62.7. The maximum Gasteiger partial charge on any atom is 0.293 e. The third-order valence-electron chi connectivity index (χ3n) is 8.61. The van der Waals surface area contributed by atoms with Gasteiger partial charge in [0, 0.05) is 49.4 Å². The number of halogens is 2. The first kappa shape index (κ1) is 30.9. The minimum Gasteiger partial charge on any atom is -0.461 e. The van der Waals surface area contributed by atoms with Crippen LogP contribution in [0.15, 0.2) is 36.5 Å². The molecule has 2 aliphatic rings. The summed E-state index contributed by atoms with van der Waals surface area (Å²) in [4.78, 5) is 25.5. The van der Waals surface area contributed by atoms with Gasteiger partial charge in [-0.3, -0.25) is 13.9 Å². The predicted molar refractivity (Wildman–Crippen MR) is 161 cm³/mol. The van der Waals surface area contributed by atoms with Crippen LogP contribution in [0.2, 0.25) is 0 Å². The summed E-state index contributed by atoms with van der Waals surface area (Å²) >= 11 is 0. The topological polar surface area (TPSA) is 110 Å². The zero-order valence-electron chi connectivity index (χ0n) is 24.4. The molecule has 1 aliphatic carbocycles. The molecular weight excluding hydrogens is 578 g/mol. The van der Waals surface area contributed by atoms with Crippen molar-refractivity contribution < 1.29 is 31.5 Å². The number of amides is 1. The number of anilines is 1. The van der Waals surface area contributed by atoms with Crippen molar-refractivity contribution in [2.24, 2.45) is 0 Å². The molecule has 0 bridgehead atoms. The second-order valence-corrected chi connectivity index (χ2v) is 13.6. The second kappa shape index (κ2) is 13.0. The Morgan fingerprint density at radius 2 is 1.84 bits per heavy atom. The Morgan fingerprint density at radius 1 is 1.12 bits per heavy atom. The highest BCUT2D eigenvalue weighted by Crippen LogP contribution is 2.35. The van der Waals surface area contributed by atoms with E-state index in [1.165, 1.54) is 29.9 Å². The maximum atomic E-state index is 14.1. The van der Waals surface area contributed by atoms with Gasteiger partial charge in [-0.2, -0.15) is 0 Å². The van der Waals surface area contributed by atoms with Crippen LogP contribution < -0.4 is 14.9 Å². The van der Waals surface area contributed by atoms with E-state index in [0.29, 0.717) is 25.1 Å². The van der Waals surface area contributed by atoms with Crippen molar-refractivity contribution in [1.29, 1.82) is 0 Å². The lowest BCUT2D eigenvalue weighted by Gasteiger charge is -2.30. The molecule has 43 heavy (non-hydrogen) atoms. The molecule has 0 radical (unpaired) electrons. The number of rotatable bonds is 11. The fraction of sp³-hybridized carbons (Fsp3) is 0.484. The lowest BCUT2D eigenvalue weighted by Crippen LogP contribution is -2.51. The van der Waals surface area contributed by atoms with Crippen LogP contribution in [0.3, 0.4) is 0 Å². The molecule has 0 spiro atoms. The van der Waals surface area contributed by atoms with Crippen LogP contribution in [0.4, 0.5) is 14.5 Å². The molecule has 0 unspecified atom stereocenters. The number of aromatic nitrogens is 1. The summed E-state index contributed by atoms with van der Waals surface area (Å²) in [6.45, 7) is 2.84. The Morgan fingerprint density at radius 3 is 2.51 bits per heavy atom. The van der Waals surface area contributed by atoms with E-state index in [1.807, 2.05) is 17.7 Å². The molecule has 2 atom stereocenters. The lowest BCUT2D eigenvalue weighted by atomic mass is 9.94. The van der Waals surface area contributed by atoms with E-state index < -0.39 is 39.7 Å². The van der Waals surface area contributed by atoms with Crippen molar-refractivity contribution >= 4 is 39.0 Å². The van der Waals surface area contributed by atoms with E-state index in [1.54, 1.807) is 12.1 Å². The van der Waals surface area contributed by atoms with Crippen molar-refractivity contribution in [1.82, 2.24) is 15.2 Å². The first-order valence-corrected chi connectivity index (χ1v) is 16.4. The zero-order chi connectivity index (χ0) is 30.7. The standard InChI is InChI=1S/C31H38F2N4O5S/c1-3-21-18-37-9-10-43(40,41)36(2)28-15-22(14-26(21)30(28)37)31(39)35-27(13-20-11-23(32)16-24(33)12-20)29(42-19-38)17-34-25-7-5-4-6-8-25/h11-12,14-16,18-19,25,27,29,34H,3-10,13,17H2,1-2H3,(H,35,39)/t27-,29+/m0/s1. The summed E-state index contributed by atoms with van der Waals surface area (Å²) in [6.07, 6.45) is 7.09. The molecule has 232 valence electrons. The van der Waals surface area contributed by atoms with Crippen molar-refractivity contribution in [3.8, 4) is 0 Å². The van der Waals surface area contributed by atoms with Crippen molar-refractivity contribution in [2.75, 3.05) is 23.7 Å². The van der Waals surface area contributed by atoms with Crippen molar-refractivity contribution in [3.63, 3.8) is 0 Å². The summed E-state index contributed by atoms with van der Waals surface area (Å²) in [7, 11) is -2.13. The zero-order valence-corrected chi connectivity index (χ0v) is 25.3. The molecule has 2 heterocycles. The van der Waals surface area contributed by atoms with Crippen LogP contribution in [-0.4, -0.2) is 62.9 Å². The molecule has 5 rings (SSSR count). The molecular formula is C31H38F2N4O5S. The number of nitrogens with one attached hydrogen (secondary N) is 2. The third kappa shape index (κ3) is 6.85. The smallest absolute Gasteiger partial charge is 0.293 e. The average Bonchev–Trinajstić information content (AvgIpc) is 3.30. The fourth-order valence-corrected chi connectivity index (χ4v) is 7.41. The van der Waals surface area contributed by atoms with Crippen LogP contribution in [0.1, 0.15) is 60.5 Å². The number of nitrogens with zero attached hydrogens (tertiary/aromatic N) is 2. The number of ether oxygens (including phenoxy) is 1. The van der Waals surface area contributed by atoms with E-state index in [9.17, 15) is 26.8 Å². The lowest BCUT2D eigenvalue weighted by molar-refractivity contribution is -0.134. The summed E-state index contributed by atoms with van der Waals surface area (Å²) in [5.74, 6) is -2.11. The number of aryl methyl sites for hydroxylation is 2. The Balaban J connectivity index is 1.50. The van der Waals surface area contributed by atoms with Gasteiger partial charge in [-0.1, -0.05) is 26.2 Å². The number of carbonyl (C=O) groups is 2. The number of carbonyl (C=O) groups excluding carboxylic acids is 2. The van der Waals surface area contributed by atoms with Gasteiger partial charge in [0.15, 0.2) is 0 Å². The molecule has 12 heteroatoms. The fourth-order valence-electron chi connectivity index (χ4n) is 6.27. The van der Waals surface area contributed by atoms with Gasteiger partial charge in [0.05, 0.1) is 23.0 Å². The second-order valence-electron chi connectivity index (χ2n) is 11.5. The Bertz CT molecular complexity index is 1580. The quantitative estimate of drug-likeness (QED) is 0.315. The maximum absolute atomic E-state index is 14.1. The molecule has 1 saturated carbocycles. The van der Waals surface area contributed by atoms with Gasteiger partial charge in [0.2, 0.25) is 10.0 Å². The number of hydrogen-bond donors (Lipinski definition) is 2. The van der Waals surface area contributed by atoms with E-state index in [4.69, 9.17) is 4.74 Å². The molecule has 2 aromatic carbocycles. The van der Waals surface area contributed by atoms with Crippen LogP contribution >= 0.6 is 0 Å². The Labute approximate surface area is 250 Å². The molecule has 1 aromatic heterocycles. The SMILES string of the molecule is CCc1cn2c3c(cc(C(=O)N[C@@H](Cc4cc(F)cc(F)c4)[C@@H](CNC4CCCCC4)OC=O)cc13)N(C)S(=O)(=O)CC2. The molecule has 0 saturated heterocycles. The highest BCUT2D eigenvalue weighted by atomic mass is 32.2. The van der Waals surface area contributed by atoms with Gasteiger partial charge in [-0.05, 0) is 61.1 Å². The van der Waals surface area contributed by atoms with Crippen molar-refractivity contribution in [3.05, 3.63) is 64.9 Å². The molecule has 1 fully saturated rings. The molecule has 9 nitrogen and oxygen atoms in total. The Kier molecular flexibility index (Phi) is 9.36. The number of hydrogen-bond acceptors (Lipinski definition) is 6. The average molecular weight is 617 g/mol. The summed E-state index contributed by atoms with van der Waals surface area (Å²) in [6, 6.07) is 5.82. The van der Waals surface area contributed by atoms with Crippen LogP contribution in [0.5, 0.6) is 0 Å². The van der Waals surface area contributed by atoms with E-state index >= 15 is 0 Å².